The second-order valence-electron chi connectivity index (χ2n) is 11.5. The highest BCUT2D eigenvalue weighted by molar-refractivity contribution is 6.36. The van der Waals surface area contributed by atoms with Gasteiger partial charge in [-0.25, -0.2) is 0 Å². The Kier molecular flexibility index (Phi) is 7.41. The molecule has 1 aromatic carbocycles. The number of hydrogen-bond donors (Lipinski definition) is 1. The zero-order chi connectivity index (χ0) is 29.0. The Morgan fingerprint density at radius 3 is 2.52 bits per heavy atom. The first-order valence-corrected chi connectivity index (χ1v) is 13.9. The largest absolute Gasteiger partial charge is 0.401 e. The molecule has 3 aromatic rings. The van der Waals surface area contributed by atoms with Crippen LogP contribution >= 0.6 is 11.6 Å². The number of nitrogens with zero attached hydrogens (tertiary/aromatic N) is 6. The molecular formula is C28H35ClF3N7O. The number of benzene rings is 1. The maximum atomic E-state index is 13.2. The SMILES string of the molecule is C=CC(=O)N1CCC(n2nc(N3CCN(CC(F)(F)F)CC3(C)C)c(-c3c(Cl)c(C)cc4[nH]ncc34)c2C)CC1. The zero-order valence-corrected chi connectivity index (χ0v) is 24.0. The zero-order valence-electron chi connectivity index (χ0n) is 23.3. The predicted octanol–water partition coefficient (Wildman–Crippen LogP) is 5.51. The fourth-order valence-electron chi connectivity index (χ4n) is 6.28. The lowest BCUT2D eigenvalue weighted by molar-refractivity contribution is -0.148. The van der Waals surface area contributed by atoms with Gasteiger partial charge in [-0.05, 0) is 58.2 Å². The number of likely N-dealkylation sites (tertiary alicyclic amines) is 1. The second-order valence-corrected chi connectivity index (χ2v) is 11.9. The Hall–Kier alpha value is -3.05. The van der Waals surface area contributed by atoms with Crippen molar-refractivity contribution >= 4 is 34.2 Å². The Labute approximate surface area is 236 Å². The summed E-state index contributed by atoms with van der Waals surface area (Å²) in [5, 5.41) is 13.9. The fraction of sp³-hybridized carbons (Fsp3) is 0.536. The van der Waals surface area contributed by atoms with E-state index in [9.17, 15) is 18.0 Å². The summed E-state index contributed by atoms with van der Waals surface area (Å²) in [4.78, 5) is 17.5. The number of halogens is 4. The molecule has 0 bridgehead atoms. The van der Waals surface area contributed by atoms with E-state index in [1.54, 1.807) is 11.1 Å². The average Bonchev–Trinajstić information content (AvgIpc) is 3.47. The molecule has 0 saturated carbocycles. The molecule has 2 aliphatic heterocycles. The number of aromatic nitrogens is 4. The van der Waals surface area contributed by atoms with Crippen LogP contribution in [-0.4, -0.2) is 86.7 Å². The van der Waals surface area contributed by atoms with Gasteiger partial charge in [0.05, 0.1) is 29.3 Å². The van der Waals surface area contributed by atoms with Crippen molar-refractivity contribution in [3.8, 4) is 11.1 Å². The maximum absolute atomic E-state index is 13.2. The van der Waals surface area contributed by atoms with Crippen molar-refractivity contribution in [3.05, 3.63) is 41.2 Å². The van der Waals surface area contributed by atoms with E-state index >= 15 is 0 Å². The number of carbonyl (C=O) groups excluding carboxylic acids is 1. The summed E-state index contributed by atoms with van der Waals surface area (Å²) in [7, 11) is 0. The van der Waals surface area contributed by atoms with E-state index < -0.39 is 18.3 Å². The lowest BCUT2D eigenvalue weighted by atomic mass is 9.94. The van der Waals surface area contributed by atoms with Crippen molar-refractivity contribution < 1.29 is 18.0 Å². The van der Waals surface area contributed by atoms with E-state index in [1.165, 1.54) is 11.0 Å². The normalized spacial score (nSPS) is 19.0. The van der Waals surface area contributed by atoms with Crippen molar-refractivity contribution in [2.75, 3.05) is 44.2 Å². The van der Waals surface area contributed by atoms with Crippen LogP contribution < -0.4 is 4.90 Å². The molecule has 2 fully saturated rings. The van der Waals surface area contributed by atoms with Crippen LogP contribution in [0.1, 0.15) is 44.0 Å². The molecule has 0 radical (unpaired) electrons. The molecular weight excluding hydrogens is 543 g/mol. The molecule has 12 heteroatoms. The Morgan fingerprint density at radius 1 is 1.20 bits per heavy atom. The first-order valence-electron chi connectivity index (χ1n) is 13.5. The molecule has 4 heterocycles. The van der Waals surface area contributed by atoms with Crippen LogP contribution in [-0.2, 0) is 4.79 Å². The highest BCUT2D eigenvalue weighted by Crippen LogP contribution is 2.46. The van der Waals surface area contributed by atoms with E-state index in [0.717, 1.165) is 46.1 Å². The van der Waals surface area contributed by atoms with Gasteiger partial charge in [0.1, 0.15) is 0 Å². The lowest BCUT2D eigenvalue weighted by Crippen LogP contribution is -2.61. The summed E-state index contributed by atoms with van der Waals surface area (Å²) in [5.41, 5.74) is 3.71. The number of anilines is 1. The van der Waals surface area contributed by atoms with Crippen molar-refractivity contribution in [1.29, 1.82) is 0 Å². The number of piperidine rings is 1. The minimum absolute atomic E-state index is 0.0550. The summed E-state index contributed by atoms with van der Waals surface area (Å²) >= 11 is 6.99. The number of H-pyrrole nitrogens is 1. The number of carbonyl (C=O) groups is 1. The third-order valence-electron chi connectivity index (χ3n) is 8.18. The minimum Gasteiger partial charge on any atom is -0.347 e. The van der Waals surface area contributed by atoms with Crippen molar-refractivity contribution in [1.82, 2.24) is 29.8 Å². The first kappa shape index (κ1) is 28.5. The third-order valence-corrected chi connectivity index (χ3v) is 8.67. The third kappa shape index (κ3) is 5.21. The monoisotopic (exact) mass is 577 g/mol. The van der Waals surface area contributed by atoms with Gasteiger partial charge in [0.2, 0.25) is 5.91 Å². The molecule has 2 aromatic heterocycles. The summed E-state index contributed by atoms with van der Waals surface area (Å²) < 4.78 is 41.7. The molecule has 1 N–H and O–H groups in total. The summed E-state index contributed by atoms with van der Waals surface area (Å²) in [5.74, 6) is 0.623. The van der Waals surface area contributed by atoms with Crippen LogP contribution in [0.3, 0.4) is 0 Å². The van der Waals surface area contributed by atoms with Gasteiger partial charge in [0, 0.05) is 60.5 Å². The smallest absolute Gasteiger partial charge is 0.347 e. The number of aromatic amines is 1. The average molecular weight is 578 g/mol. The standard InChI is InChI=1S/C28H35ClF3N7O/c1-6-22(40)37-9-7-19(8-10-37)39-18(3)23(24-20-14-33-34-21(20)13-17(2)25(24)29)26(35-39)38-12-11-36(15-27(38,4)5)16-28(30,31)32/h6,13-14,19H,1,7-12,15-16H2,2-5H3,(H,33,34). The van der Waals surface area contributed by atoms with Gasteiger partial charge in [0.25, 0.3) is 0 Å². The molecule has 5 rings (SSSR count). The summed E-state index contributed by atoms with van der Waals surface area (Å²) in [6.07, 6.45) is 0.290. The molecule has 2 aliphatic rings. The van der Waals surface area contributed by atoms with E-state index in [-0.39, 0.29) is 25.0 Å². The van der Waals surface area contributed by atoms with Crippen LogP contribution in [0.25, 0.3) is 22.0 Å². The van der Waals surface area contributed by atoms with Crippen molar-refractivity contribution in [3.63, 3.8) is 0 Å². The van der Waals surface area contributed by atoms with Crippen LogP contribution in [0.4, 0.5) is 19.0 Å². The molecule has 1 amide bonds. The van der Waals surface area contributed by atoms with E-state index in [2.05, 4.69) is 21.7 Å². The second kappa shape index (κ2) is 10.4. The van der Waals surface area contributed by atoms with Gasteiger partial charge in [-0.1, -0.05) is 18.2 Å². The maximum Gasteiger partial charge on any atom is 0.401 e. The highest BCUT2D eigenvalue weighted by atomic mass is 35.5. The molecule has 0 unspecified atom stereocenters. The fourth-order valence-corrected chi connectivity index (χ4v) is 6.53. The van der Waals surface area contributed by atoms with Crippen molar-refractivity contribution in [2.24, 2.45) is 0 Å². The van der Waals surface area contributed by atoms with Crippen LogP contribution in [0.2, 0.25) is 5.02 Å². The number of amides is 1. The number of rotatable bonds is 5. The number of aryl methyl sites for hydroxylation is 1. The molecule has 0 aliphatic carbocycles. The van der Waals surface area contributed by atoms with Gasteiger partial charge in [-0.2, -0.15) is 23.4 Å². The first-order chi connectivity index (χ1) is 18.8. The number of piperazine rings is 1. The summed E-state index contributed by atoms with van der Waals surface area (Å²) in [6, 6.07) is 2.01. The van der Waals surface area contributed by atoms with Crippen LogP contribution in [0.15, 0.2) is 24.9 Å². The van der Waals surface area contributed by atoms with Gasteiger partial charge >= 0.3 is 6.18 Å². The molecule has 0 atom stereocenters. The number of nitrogens with one attached hydrogen (secondary N) is 1. The number of alkyl halides is 3. The molecule has 2 saturated heterocycles. The summed E-state index contributed by atoms with van der Waals surface area (Å²) in [6.45, 7) is 12.6. The molecule has 8 nitrogen and oxygen atoms in total. The minimum atomic E-state index is -4.26. The van der Waals surface area contributed by atoms with Crippen LogP contribution in [0.5, 0.6) is 0 Å². The topological polar surface area (TPSA) is 73.3 Å². The van der Waals surface area contributed by atoms with E-state index in [1.807, 2.05) is 38.4 Å². The number of hydrogen-bond acceptors (Lipinski definition) is 5. The number of fused-ring (bicyclic) bond motifs is 1. The van der Waals surface area contributed by atoms with E-state index in [0.29, 0.717) is 30.5 Å². The Balaban J connectivity index is 1.61. The van der Waals surface area contributed by atoms with Gasteiger partial charge in [0.15, 0.2) is 5.82 Å². The van der Waals surface area contributed by atoms with Gasteiger partial charge in [-0.15, -0.1) is 0 Å². The highest BCUT2D eigenvalue weighted by Gasteiger charge is 2.41. The predicted molar refractivity (Wildman–Crippen MR) is 151 cm³/mol. The van der Waals surface area contributed by atoms with E-state index in [4.69, 9.17) is 16.7 Å². The Morgan fingerprint density at radius 2 is 1.90 bits per heavy atom. The van der Waals surface area contributed by atoms with Crippen LogP contribution in [0, 0.1) is 13.8 Å². The molecule has 40 heavy (non-hydrogen) atoms. The van der Waals surface area contributed by atoms with Gasteiger partial charge < -0.3 is 9.80 Å². The molecule has 216 valence electrons. The van der Waals surface area contributed by atoms with Gasteiger partial charge in [-0.3, -0.25) is 19.5 Å². The van der Waals surface area contributed by atoms with Crippen molar-refractivity contribution in [2.45, 2.75) is 58.3 Å². The molecule has 0 spiro atoms. The lowest BCUT2D eigenvalue weighted by Gasteiger charge is -2.48. The Bertz CT molecular complexity index is 1440. The quantitative estimate of drug-likeness (QED) is 0.405.